The Morgan fingerprint density at radius 3 is 2.03 bits per heavy atom. The zero-order valence-electron chi connectivity index (χ0n) is 36.7. The zero-order chi connectivity index (χ0) is 44.2. The van der Waals surface area contributed by atoms with Crippen molar-refractivity contribution in [2.75, 3.05) is 0 Å². The first-order valence-corrected chi connectivity index (χ1v) is 25.3. The molecule has 8 aromatic carbocycles. The number of benzene rings is 8. The molecule has 1 aliphatic heterocycles. The van der Waals surface area contributed by atoms with Gasteiger partial charge in [0.25, 0.3) is 0 Å². The normalized spacial score (nSPS) is 24.8. The van der Waals surface area contributed by atoms with Crippen LogP contribution in [-0.4, -0.2) is 27.9 Å². The maximum Gasteiger partial charge on any atom is 0.207 e. The van der Waals surface area contributed by atoms with Gasteiger partial charge in [-0.1, -0.05) is 127 Å². The highest BCUT2D eigenvalue weighted by Crippen LogP contribution is 2.82. The van der Waals surface area contributed by atoms with Gasteiger partial charge >= 0.3 is 0 Å². The second-order valence-electron chi connectivity index (χ2n) is 20.0. The smallest absolute Gasteiger partial charge is 0.207 e. The summed E-state index contributed by atoms with van der Waals surface area (Å²) in [6.07, 6.45) is 5.69. The summed E-state index contributed by atoms with van der Waals surface area (Å²) in [6, 6.07) is 63.2. The molecule has 0 radical (unpaired) electrons. The summed E-state index contributed by atoms with van der Waals surface area (Å²) in [6.45, 7) is 0. The maximum absolute atomic E-state index is 15.0. The van der Waals surface area contributed by atoms with Gasteiger partial charge in [0.05, 0.1) is 20.8 Å². The summed E-state index contributed by atoms with van der Waals surface area (Å²) in [5.74, 6) is 4.05. The first-order valence-electron chi connectivity index (χ1n) is 23.8. The third kappa shape index (κ3) is 4.94. The number of nitrogens with zero attached hydrogens (tertiary/aromatic N) is 4. The largest absolute Gasteiger partial charge is 0.309 e. The van der Waals surface area contributed by atoms with Crippen molar-refractivity contribution in [3.05, 3.63) is 193 Å². The first-order chi connectivity index (χ1) is 32.9. The average Bonchev–Trinajstić information content (AvgIpc) is 4.06. The van der Waals surface area contributed by atoms with E-state index in [4.69, 9.17) is 15.0 Å². The predicted octanol–water partition coefficient (Wildman–Crippen LogP) is 13.6. The molecular weight excluding hydrogens is 841 g/mol. The summed E-state index contributed by atoms with van der Waals surface area (Å²) < 4.78 is 32.3. The molecule has 4 fully saturated rings. The predicted molar refractivity (Wildman–Crippen MR) is 266 cm³/mol. The monoisotopic (exact) mass is 884 g/mol. The zero-order valence-corrected chi connectivity index (χ0v) is 37.5. The molecule has 0 saturated heterocycles. The van der Waals surface area contributed by atoms with Gasteiger partial charge in [-0.25, -0.2) is 23.4 Å². The van der Waals surface area contributed by atoms with Crippen LogP contribution in [0.25, 0.3) is 83.6 Å². The Labute approximate surface area is 389 Å². The molecule has 4 unspecified atom stereocenters. The highest BCUT2D eigenvalue weighted by molar-refractivity contribution is 7.91. The van der Waals surface area contributed by atoms with Crippen LogP contribution in [0.15, 0.2) is 192 Å². The van der Waals surface area contributed by atoms with Gasteiger partial charge in [0.2, 0.25) is 9.84 Å². The molecule has 3 heterocycles. The summed E-state index contributed by atoms with van der Waals surface area (Å²) in [7, 11) is -3.78. The number of para-hydroxylation sites is 1. The van der Waals surface area contributed by atoms with Crippen molar-refractivity contribution in [3.63, 3.8) is 0 Å². The number of rotatable bonds is 5. The lowest BCUT2D eigenvalue weighted by molar-refractivity contribution is 0.0970. The average molecular weight is 885 g/mol. The van der Waals surface area contributed by atoms with Crippen LogP contribution in [-0.2, 0) is 20.7 Å². The van der Waals surface area contributed by atoms with Crippen LogP contribution in [0.3, 0.4) is 0 Å². The number of aromatic nitrogens is 4. The summed E-state index contributed by atoms with van der Waals surface area (Å²) in [5.41, 5.74) is 9.88. The fourth-order valence-corrected chi connectivity index (χ4v) is 16.7. The molecule has 67 heavy (non-hydrogen) atoms. The maximum atomic E-state index is 15.0. The van der Waals surface area contributed by atoms with E-state index in [1.165, 1.54) is 45.4 Å². The van der Waals surface area contributed by atoms with Crippen LogP contribution in [0, 0.1) is 23.7 Å². The molecule has 4 saturated carbocycles. The second-order valence-corrected chi connectivity index (χ2v) is 21.8. The Balaban J connectivity index is 0.854. The fourth-order valence-electron chi connectivity index (χ4n) is 14.9. The van der Waals surface area contributed by atoms with E-state index in [1.54, 1.807) is 0 Å². The molecule has 15 rings (SSSR count). The van der Waals surface area contributed by atoms with Gasteiger partial charge in [-0.15, -0.1) is 0 Å². The third-order valence-corrected chi connectivity index (χ3v) is 19.0. The second kappa shape index (κ2) is 13.5. The molecule has 322 valence electrons. The molecular formula is C60H44N4O2S. The Morgan fingerprint density at radius 1 is 0.507 bits per heavy atom. The molecule has 0 bridgehead atoms. The van der Waals surface area contributed by atoms with E-state index in [2.05, 4.69) is 132 Å². The van der Waals surface area contributed by atoms with Gasteiger partial charge in [0.15, 0.2) is 17.5 Å². The summed E-state index contributed by atoms with van der Waals surface area (Å²) in [4.78, 5) is 16.6. The van der Waals surface area contributed by atoms with E-state index >= 15 is 0 Å². The lowest BCUT2D eigenvalue weighted by atomic mass is 9.55. The van der Waals surface area contributed by atoms with Gasteiger partial charge in [0, 0.05) is 44.0 Å². The SMILES string of the molecule is O=S1(=O)c2ccc(-c3nc(-c4ccccc4)nc(-c4cccc(-c5ccc(-n6c7ccccc7c7c8ccccc8ccc76)cc5)c4)n3)cc2C23CC[C@@H]4C[C@@H]5CC(C2)C5C43c2ccccc21. The van der Waals surface area contributed by atoms with E-state index in [0.717, 1.165) is 63.9 Å². The van der Waals surface area contributed by atoms with E-state index in [9.17, 15) is 8.42 Å². The Bertz CT molecular complexity index is 3860. The molecule has 6 atom stereocenters. The van der Waals surface area contributed by atoms with Crippen LogP contribution in [0.2, 0.25) is 0 Å². The minimum absolute atomic E-state index is 0.162. The minimum atomic E-state index is -3.78. The molecule has 1 spiro atoms. The van der Waals surface area contributed by atoms with Crippen molar-refractivity contribution in [1.82, 2.24) is 19.5 Å². The Morgan fingerprint density at radius 2 is 1.18 bits per heavy atom. The summed E-state index contributed by atoms with van der Waals surface area (Å²) in [5, 5.41) is 5.01. The standard InChI is InChI=1S/C60H44N4O2S/c65-67(66)52-20-9-7-18-48(52)60-44-29-30-59(60,35-43-32-42(33-44)55(43)60)49-34-41(24-28-53(49)67)58-62-56(38-12-2-1-3-13-38)61-57(63-58)40-15-10-14-39(31-40)36-21-25-45(26-22-36)64-50-19-8-6-17-47(50)54-46-16-5-4-11-37(46)23-27-51(54)64/h1-28,31,34,42-44,55H,29-30,32-33,35H2/t42-,43?,44+,55?,59?,60?/m0/s1. The van der Waals surface area contributed by atoms with Gasteiger partial charge in [-0.3, -0.25) is 0 Å². The molecule has 0 amide bonds. The number of fused-ring (bicyclic) bond motifs is 7. The van der Waals surface area contributed by atoms with Crippen molar-refractivity contribution >= 4 is 42.4 Å². The van der Waals surface area contributed by atoms with Crippen molar-refractivity contribution < 1.29 is 8.42 Å². The van der Waals surface area contributed by atoms with Gasteiger partial charge in [0.1, 0.15) is 0 Å². The van der Waals surface area contributed by atoms with Crippen LogP contribution in [0.4, 0.5) is 0 Å². The van der Waals surface area contributed by atoms with Crippen LogP contribution in [0.5, 0.6) is 0 Å². The topological polar surface area (TPSA) is 77.7 Å². The first kappa shape index (κ1) is 37.9. The van der Waals surface area contributed by atoms with Gasteiger partial charge in [-0.05, 0) is 143 Å². The van der Waals surface area contributed by atoms with Crippen LogP contribution in [0.1, 0.15) is 43.2 Å². The highest BCUT2D eigenvalue weighted by Gasteiger charge is 2.79. The minimum Gasteiger partial charge on any atom is -0.309 e. The lowest BCUT2D eigenvalue weighted by Gasteiger charge is -2.47. The van der Waals surface area contributed by atoms with Gasteiger partial charge in [-0.2, -0.15) is 0 Å². The van der Waals surface area contributed by atoms with Crippen LogP contribution < -0.4 is 0 Å². The molecule has 5 aliphatic rings. The van der Waals surface area contributed by atoms with Gasteiger partial charge < -0.3 is 4.57 Å². The number of sulfone groups is 1. The number of hydrogen-bond donors (Lipinski definition) is 0. The highest BCUT2D eigenvalue weighted by atomic mass is 32.2. The van der Waals surface area contributed by atoms with E-state index < -0.39 is 9.84 Å². The third-order valence-electron chi connectivity index (χ3n) is 17.2. The van der Waals surface area contributed by atoms with Crippen molar-refractivity contribution in [2.24, 2.45) is 23.7 Å². The van der Waals surface area contributed by atoms with E-state index in [0.29, 0.717) is 50.9 Å². The molecule has 2 aromatic heterocycles. The summed E-state index contributed by atoms with van der Waals surface area (Å²) >= 11 is 0. The molecule has 4 aliphatic carbocycles. The quantitative estimate of drug-likeness (QED) is 0.172. The number of hydrogen-bond acceptors (Lipinski definition) is 5. The molecule has 0 N–H and O–H groups in total. The van der Waals surface area contributed by atoms with E-state index in [1.807, 2.05) is 54.6 Å². The van der Waals surface area contributed by atoms with Crippen molar-refractivity contribution in [2.45, 2.75) is 52.7 Å². The van der Waals surface area contributed by atoms with E-state index in [-0.39, 0.29) is 10.8 Å². The van der Waals surface area contributed by atoms with Crippen molar-refractivity contribution in [3.8, 4) is 51.0 Å². The Kier molecular flexibility index (Phi) is 7.62. The Hall–Kier alpha value is -7.22. The molecule has 6 nitrogen and oxygen atoms in total. The van der Waals surface area contributed by atoms with Crippen LogP contribution >= 0.6 is 0 Å². The fraction of sp³-hybridized carbons (Fsp3) is 0.183. The molecule has 10 aromatic rings. The van der Waals surface area contributed by atoms with Crippen molar-refractivity contribution in [1.29, 1.82) is 0 Å². The molecule has 7 heteroatoms. The lowest BCUT2D eigenvalue weighted by Crippen LogP contribution is -2.47.